The number of carboxylic acid groups (broad SMARTS) is 1. The molecule has 0 saturated carbocycles. The minimum absolute atomic E-state index is 0.189. The predicted molar refractivity (Wildman–Crippen MR) is 62.8 cm³/mol. The molecule has 0 atom stereocenters. The van der Waals surface area contributed by atoms with Crippen LogP contribution in [0.3, 0.4) is 0 Å². The number of nitro groups is 1. The molecular weight excluding hydrogens is 240 g/mol. The lowest BCUT2D eigenvalue weighted by molar-refractivity contribution is -0.386. The van der Waals surface area contributed by atoms with Crippen LogP contribution in [0.2, 0.25) is 0 Å². The van der Waals surface area contributed by atoms with Crippen LogP contribution in [0.1, 0.15) is 23.7 Å². The Morgan fingerprint density at radius 2 is 2.33 bits per heavy atom. The number of carbonyl (C=O) groups is 1. The van der Waals surface area contributed by atoms with E-state index in [-0.39, 0.29) is 18.1 Å². The van der Waals surface area contributed by atoms with Crippen LogP contribution < -0.4 is 4.74 Å². The molecule has 1 aromatic rings. The number of rotatable bonds is 6. The molecule has 96 valence electrons. The molecule has 1 heterocycles. The van der Waals surface area contributed by atoms with Crippen LogP contribution in [-0.2, 0) is 0 Å². The lowest BCUT2D eigenvalue weighted by Gasteiger charge is -2.05. The largest absolute Gasteiger partial charge is 0.478 e. The van der Waals surface area contributed by atoms with Crippen LogP contribution >= 0.6 is 0 Å². The zero-order valence-corrected chi connectivity index (χ0v) is 9.75. The highest BCUT2D eigenvalue weighted by atomic mass is 16.6. The van der Waals surface area contributed by atoms with E-state index in [0.717, 1.165) is 17.8 Å². The molecule has 0 fully saturated rings. The first-order valence-corrected chi connectivity index (χ1v) is 5.06. The van der Waals surface area contributed by atoms with E-state index in [0.29, 0.717) is 6.42 Å². The third kappa shape index (κ3) is 3.55. The van der Waals surface area contributed by atoms with Crippen LogP contribution in [0, 0.1) is 10.1 Å². The molecule has 1 aromatic heterocycles. The molecule has 1 rings (SSSR count). The van der Waals surface area contributed by atoms with E-state index in [1.807, 2.05) is 0 Å². The molecule has 0 saturated heterocycles. The SMILES string of the molecule is C=C(C)CCOc1ncc(C(=O)O)cc1[N+](=O)[O-]. The molecule has 0 aliphatic carbocycles. The molecule has 0 aromatic carbocycles. The summed E-state index contributed by atoms with van der Waals surface area (Å²) in [5.41, 5.74) is 0.158. The first-order valence-electron chi connectivity index (χ1n) is 5.06. The minimum Gasteiger partial charge on any atom is -0.478 e. The number of ether oxygens (including phenoxy) is 1. The molecule has 0 unspecified atom stereocenters. The zero-order chi connectivity index (χ0) is 13.7. The molecule has 0 aliphatic heterocycles. The van der Waals surface area contributed by atoms with Gasteiger partial charge in [0.25, 0.3) is 5.88 Å². The summed E-state index contributed by atoms with van der Waals surface area (Å²) in [6.07, 6.45) is 1.56. The third-order valence-corrected chi connectivity index (χ3v) is 2.04. The Kier molecular flexibility index (Phi) is 4.36. The van der Waals surface area contributed by atoms with Gasteiger partial charge in [0.05, 0.1) is 17.1 Å². The van der Waals surface area contributed by atoms with Gasteiger partial charge in [-0.2, -0.15) is 0 Å². The monoisotopic (exact) mass is 252 g/mol. The Bertz CT molecular complexity index is 498. The summed E-state index contributed by atoms with van der Waals surface area (Å²) in [5.74, 6) is -1.47. The normalized spacial score (nSPS) is 9.83. The summed E-state index contributed by atoms with van der Waals surface area (Å²) in [6.45, 7) is 5.68. The van der Waals surface area contributed by atoms with E-state index >= 15 is 0 Å². The van der Waals surface area contributed by atoms with Gasteiger partial charge in [0.2, 0.25) is 0 Å². The Labute approximate surface area is 103 Å². The van der Waals surface area contributed by atoms with Crippen LogP contribution in [0.25, 0.3) is 0 Å². The molecule has 7 nitrogen and oxygen atoms in total. The average molecular weight is 252 g/mol. The number of aromatic nitrogens is 1. The van der Waals surface area contributed by atoms with E-state index in [4.69, 9.17) is 9.84 Å². The average Bonchev–Trinajstić information content (AvgIpc) is 2.28. The van der Waals surface area contributed by atoms with Crippen LogP contribution in [0.15, 0.2) is 24.4 Å². The number of pyridine rings is 1. The van der Waals surface area contributed by atoms with E-state index in [2.05, 4.69) is 11.6 Å². The van der Waals surface area contributed by atoms with Crippen molar-refractivity contribution in [3.8, 4) is 5.88 Å². The smallest absolute Gasteiger partial charge is 0.337 e. The molecule has 18 heavy (non-hydrogen) atoms. The maximum absolute atomic E-state index is 10.8. The van der Waals surface area contributed by atoms with Crippen molar-refractivity contribution in [2.75, 3.05) is 6.61 Å². The topological polar surface area (TPSA) is 103 Å². The molecule has 0 aliphatic rings. The second-order valence-corrected chi connectivity index (χ2v) is 3.67. The first-order chi connectivity index (χ1) is 8.41. The number of hydrogen-bond acceptors (Lipinski definition) is 5. The summed E-state index contributed by atoms with van der Waals surface area (Å²) in [6, 6.07) is 0.922. The molecule has 1 N–H and O–H groups in total. The van der Waals surface area contributed by atoms with Gasteiger partial charge in [-0.1, -0.05) is 5.57 Å². The Morgan fingerprint density at radius 3 is 2.83 bits per heavy atom. The summed E-state index contributed by atoms with van der Waals surface area (Å²) >= 11 is 0. The fourth-order valence-corrected chi connectivity index (χ4v) is 1.12. The molecule has 0 spiro atoms. The van der Waals surface area contributed by atoms with Gasteiger partial charge < -0.3 is 9.84 Å². The zero-order valence-electron chi connectivity index (χ0n) is 9.75. The van der Waals surface area contributed by atoms with E-state index < -0.39 is 16.6 Å². The highest BCUT2D eigenvalue weighted by Crippen LogP contribution is 2.25. The minimum atomic E-state index is -1.28. The Hall–Kier alpha value is -2.44. The molecule has 0 radical (unpaired) electrons. The van der Waals surface area contributed by atoms with E-state index in [9.17, 15) is 14.9 Å². The van der Waals surface area contributed by atoms with Gasteiger partial charge in [-0.3, -0.25) is 10.1 Å². The highest BCUT2D eigenvalue weighted by molar-refractivity contribution is 5.88. The molecule has 7 heteroatoms. The maximum Gasteiger partial charge on any atom is 0.337 e. The standard InChI is InChI=1S/C11H12N2O5/c1-7(2)3-4-18-10-9(13(16)17)5-8(6-12-10)11(14)15/h5-6H,1,3-4H2,2H3,(H,14,15). The summed E-state index contributed by atoms with van der Waals surface area (Å²) < 4.78 is 5.14. The molecule has 0 bridgehead atoms. The van der Waals surface area contributed by atoms with Gasteiger partial charge >= 0.3 is 11.7 Å². The molecular formula is C11H12N2O5. The lowest BCUT2D eigenvalue weighted by Crippen LogP contribution is -2.05. The maximum atomic E-state index is 10.8. The van der Waals surface area contributed by atoms with Crippen LogP contribution in [0.4, 0.5) is 5.69 Å². The van der Waals surface area contributed by atoms with Crippen LogP contribution in [-0.4, -0.2) is 27.6 Å². The van der Waals surface area contributed by atoms with Gasteiger partial charge in [0.15, 0.2) is 0 Å². The second kappa shape index (κ2) is 5.76. The van der Waals surface area contributed by atoms with Gasteiger partial charge in [-0.15, -0.1) is 6.58 Å². The number of carboxylic acids is 1. The Morgan fingerprint density at radius 1 is 1.67 bits per heavy atom. The Balaban J connectivity index is 2.93. The van der Waals surface area contributed by atoms with Crippen molar-refractivity contribution in [2.45, 2.75) is 13.3 Å². The van der Waals surface area contributed by atoms with Crippen molar-refractivity contribution in [3.05, 3.63) is 40.1 Å². The summed E-state index contributed by atoms with van der Waals surface area (Å²) in [7, 11) is 0. The quantitative estimate of drug-likeness (QED) is 0.472. The van der Waals surface area contributed by atoms with Crippen molar-refractivity contribution in [1.82, 2.24) is 4.98 Å². The van der Waals surface area contributed by atoms with Crippen LogP contribution in [0.5, 0.6) is 5.88 Å². The number of aromatic carboxylic acids is 1. The van der Waals surface area contributed by atoms with Gasteiger partial charge in [0, 0.05) is 18.7 Å². The summed E-state index contributed by atoms with van der Waals surface area (Å²) in [5, 5.41) is 19.5. The highest BCUT2D eigenvalue weighted by Gasteiger charge is 2.20. The van der Waals surface area contributed by atoms with Crippen molar-refractivity contribution in [1.29, 1.82) is 0 Å². The van der Waals surface area contributed by atoms with E-state index in [1.165, 1.54) is 0 Å². The second-order valence-electron chi connectivity index (χ2n) is 3.67. The van der Waals surface area contributed by atoms with Crippen molar-refractivity contribution < 1.29 is 19.6 Å². The van der Waals surface area contributed by atoms with Crippen molar-refractivity contribution in [2.24, 2.45) is 0 Å². The first kappa shape index (κ1) is 13.6. The van der Waals surface area contributed by atoms with Gasteiger partial charge in [-0.05, 0) is 6.92 Å². The van der Waals surface area contributed by atoms with Gasteiger partial charge in [-0.25, -0.2) is 9.78 Å². The molecule has 0 amide bonds. The predicted octanol–water partition coefficient (Wildman–Crippen LogP) is 2.03. The number of nitrogens with zero attached hydrogens (tertiary/aromatic N) is 2. The fraction of sp³-hybridized carbons (Fsp3) is 0.273. The van der Waals surface area contributed by atoms with Gasteiger partial charge in [0.1, 0.15) is 0 Å². The third-order valence-electron chi connectivity index (χ3n) is 2.04. The summed E-state index contributed by atoms with van der Waals surface area (Å²) in [4.78, 5) is 24.4. The van der Waals surface area contributed by atoms with Crippen molar-refractivity contribution in [3.63, 3.8) is 0 Å². The van der Waals surface area contributed by atoms with Crippen molar-refractivity contribution >= 4 is 11.7 Å². The number of hydrogen-bond donors (Lipinski definition) is 1. The fourth-order valence-electron chi connectivity index (χ4n) is 1.12. The lowest BCUT2D eigenvalue weighted by atomic mass is 10.2. The van der Waals surface area contributed by atoms with E-state index in [1.54, 1.807) is 6.92 Å².